The minimum Gasteiger partial charge on any atom is -0.454 e. The van der Waals surface area contributed by atoms with Gasteiger partial charge in [-0.05, 0) is 25.0 Å². The van der Waals surface area contributed by atoms with Gasteiger partial charge in [0, 0.05) is 30.9 Å². The number of urea groups is 2. The Labute approximate surface area is 143 Å². The number of nitrogens with one attached hydrogen (secondary N) is 2. The molecule has 3 heterocycles. The largest absolute Gasteiger partial charge is 0.454 e. The van der Waals surface area contributed by atoms with Crippen molar-refractivity contribution in [2.24, 2.45) is 0 Å². The summed E-state index contributed by atoms with van der Waals surface area (Å²) >= 11 is 0. The van der Waals surface area contributed by atoms with E-state index in [1.165, 1.54) is 4.90 Å². The van der Waals surface area contributed by atoms with Gasteiger partial charge in [0.1, 0.15) is 0 Å². The van der Waals surface area contributed by atoms with Crippen LogP contribution in [0, 0.1) is 0 Å². The van der Waals surface area contributed by atoms with Crippen molar-refractivity contribution < 1.29 is 23.9 Å². The second kappa shape index (κ2) is 6.15. The van der Waals surface area contributed by atoms with Crippen molar-refractivity contribution in [3.05, 3.63) is 18.2 Å². The molecule has 0 aliphatic carbocycles. The molecule has 0 atom stereocenters. The average Bonchev–Trinajstić information content (AvgIpc) is 3.21. The lowest BCUT2D eigenvalue weighted by atomic mass is 10.0. The van der Waals surface area contributed by atoms with E-state index in [1.807, 2.05) is 0 Å². The number of anilines is 1. The molecule has 0 radical (unpaired) electrons. The number of piperidine rings is 1. The Kier molecular flexibility index (Phi) is 3.83. The molecule has 5 amide bonds. The van der Waals surface area contributed by atoms with Crippen molar-refractivity contribution in [1.29, 1.82) is 0 Å². The second-order valence-corrected chi connectivity index (χ2v) is 6.14. The molecule has 9 nitrogen and oxygen atoms in total. The molecule has 3 aliphatic heterocycles. The number of fused-ring (bicyclic) bond motifs is 1. The van der Waals surface area contributed by atoms with Crippen LogP contribution in [0.2, 0.25) is 0 Å². The molecule has 25 heavy (non-hydrogen) atoms. The van der Waals surface area contributed by atoms with Gasteiger partial charge < -0.3 is 25.0 Å². The second-order valence-electron chi connectivity index (χ2n) is 6.14. The van der Waals surface area contributed by atoms with E-state index in [4.69, 9.17) is 9.47 Å². The number of rotatable bonds is 2. The lowest BCUT2D eigenvalue weighted by molar-refractivity contribution is -0.127. The molecular formula is C16H18N4O5. The highest BCUT2D eigenvalue weighted by molar-refractivity contribution is 6.02. The van der Waals surface area contributed by atoms with E-state index >= 15 is 0 Å². The van der Waals surface area contributed by atoms with Crippen LogP contribution >= 0.6 is 0 Å². The summed E-state index contributed by atoms with van der Waals surface area (Å²) in [4.78, 5) is 38.8. The number of carbonyl (C=O) groups is 3. The molecule has 1 aromatic rings. The Morgan fingerprint density at radius 2 is 1.92 bits per heavy atom. The maximum atomic E-state index is 12.4. The van der Waals surface area contributed by atoms with Crippen molar-refractivity contribution in [3.8, 4) is 11.5 Å². The SMILES string of the molecule is O=C(Nc1ccc2c(c1)OCO2)N1CCC(N2C(=O)CNC2=O)CC1. The van der Waals surface area contributed by atoms with Gasteiger partial charge in [-0.25, -0.2) is 9.59 Å². The van der Waals surface area contributed by atoms with E-state index in [-0.39, 0.29) is 37.3 Å². The predicted molar refractivity (Wildman–Crippen MR) is 86.4 cm³/mol. The van der Waals surface area contributed by atoms with Crippen LogP contribution < -0.4 is 20.1 Å². The fourth-order valence-corrected chi connectivity index (χ4v) is 3.31. The average molecular weight is 346 g/mol. The van der Waals surface area contributed by atoms with Crippen molar-refractivity contribution in [3.63, 3.8) is 0 Å². The smallest absolute Gasteiger partial charge is 0.324 e. The van der Waals surface area contributed by atoms with Gasteiger partial charge in [-0.1, -0.05) is 0 Å². The molecule has 0 unspecified atom stereocenters. The third-order valence-electron chi connectivity index (χ3n) is 4.62. The molecule has 132 valence electrons. The summed E-state index contributed by atoms with van der Waals surface area (Å²) in [7, 11) is 0. The van der Waals surface area contributed by atoms with Gasteiger partial charge in [0.2, 0.25) is 12.7 Å². The number of benzene rings is 1. The Morgan fingerprint density at radius 3 is 2.64 bits per heavy atom. The highest BCUT2D eigenvalue weighted by Crippen LogP contribution is 2.34. The normalized spacial score (nSPS) is 20.0. The lowest BCUT2D eigenvalue weighted by Crippen LogP contribution is -2.49. The van der Waals surface area contributed by atoms with Crippen molar-refractivity contribution >= 4 is 23.7 Å². The summed E-state index contributed by atoms with van der Waals surface area (Å²) in [5.41, 5.74) is 0.630. The van der Waals surface area contributed by atoms with Crippen molar-refractivity contribution in [1.82, 2.24) is 15.1 Å². The van der Waals surface area contributed by atoms with Gasteiger partial charge in [0.25, 0.3) is 0 Å². The number of nitrogens with zero attached hydrogens (tertiary/aromatic N) is 2. The topological polar surface area (TPSA) is 100 Å². The standard InChI is InChI=1S/C16H18N4O5/c21-14-8-17-15(22)20(14)11-3-5-19(6-4-11)16(23)18-10-1-2-12-13(7-10)25-9-24-12/h1-2,7,11H,3-6,8-9H2,(H,17,22)(H,18,23). The van der Waals surface area contributed by atoms with Gasteiger partial charge >= 0.3 is 12.1 Å². The third-order valence-corrected chi connectivity index (χ3v) is 4.62. The molecule has 0 bridgehead atoms. The Hall–Kier alpha value is -2.97. The van der Waals surface area contributed by atoms with E-state index in [9.17, 15) is 14.4 Å². The molecule has 3 aliphatic rings. The van der Waals surface area contributed by atoms with E-state index in [2.05, 4.69) is 10.6 Å². The number of likely N-dealkylation sites (tertiary alicyclic amines) is 1. The maximum Gasteiger partial charge on any atom is 0.324 e. The number of amides is 5. The molecule has 2 N–H and O–H groups in total. The van der Waals surface area contributed by atoms with Crippen LogP contribution in [0.3, 0.4) is 0 Å². The number of ether oxygens (including phenoxy) is 2. The molecule has 4 rings (SSSR count). The molecule has 2 saturated heterocycles. The van der Waals surface area contributed by atoms with Gasteiger partial charge in [0.15, 0.2) is 11.5 Å². The van der Waals surface area contributed by atoms with Gasteiger partial charge in [-0.2, -0.15) is 0 Å². The summed E-state index contributed by atoms with van der Waals surface area (Å²) in [5.74, 6) is 1.07. The van der Waals surface area contributed by atoms with Gasteiger partial charge in [-0.3, -0.25) is 9.69 Å². The van der Waals surface area contributed by atoms with Crippen LogP contribution in [-0.4, -0.2) is 60.2 Å². The van der Waals surface area contributed by atoms with E-state index < -0.39 is 0 Å². The first kappa shape index (κ1) is 15.6. The number of imide groups is 1. The molecule has 0 spiro atoms. The summed E-state index contributed by atoms with van der Waals surface area (Å²) < 4.78 is 10.5. The Balaban J connectivity index is 1.34. The predicted octanol–water partition coefficient (Wildman–Crippen LogP) is 0.963. The molecule has 1 aromatic carbocycles. The number of hydrogen-bond donors (Lipinski definition) is 2. The van der Waals surface area contributed by atoms with Crippen molar-refractivity contribution in [2.45, 2.75) is 18.9 Å². The summed E-state index contributed by atoms with van der Waals surface area (Å²) in [5, 5.41) is 5.36. The highest BCUT2D eigenvalue weighted by Gasteiger charge is 2.37. The fraction of sp³-hybridized carbons (Fsp3) is 0.438. The van der Waals surface area contributed by atoms with Gasteiger partial charge in [-0.15, -0.1) is 0 Å². The zero-order valence-corrected chi connectivity index (χ0v) is 13.5. The third kappa shape index (κ3) is 2.92. The maximum absolute atomic E-state index is 12.4. The Bertz CT molecular complexity index is 713. The quantitative estimate of drug-likeness (QED) is 0.777. The first-order chi connectivity index (χ1) is 12.1. The first-order valence-corrected chi connectivity index (χ1v) is 8.17. The van der Waals surface area contributed by atoms with Gasteiger partial charge in [0.05, 0.1) is 6.54 Å². The number of hydrogen-bond acceptors (Lipinski definition) is 5. The molecule has 9 heteroatoms. The van der Waals surface area contributed by atoms with Crippen LogP contribution in [0.4, 0.5) is 15.3 Å². The zero-order valence-electron chi connectivity index (χ0n) is 13.5. The van der Waals surface area contributed by atoms with Crippen LogP contribution in [0.1, 0.15) is 12.8 Å². The van der Waals surface area contributed by atoms with Crippen LogP contribution in [0.25, 0.3) is 0 Å². The summed E-state index contributed by atoms with van der Waals surface area (Å²) in [6.07, 6.45) is 1.15. The van der Waals surface area contributed by atoms with E-state index in [0.717, 1.165) is 0 Å². The fourth-order valence-electron chi connectivity index (χ4n) is 3.31. The lowest BCUT2D eigenvalue weighted by Gasteiger charge is -2.35. The zero-order chi connectivity index (χ0) is 17.4. The van der Waals surface area contributed by atoms with Crippen LogP contribution in [-0.2, 0) is 4.79 Å². The monoisotopic (exact) mass is 346 g/mol. The van der Waals surface area contributed by atoms with E-state index in [1.54, 1.807) is 23.1 Å². The summed E-state index contributed by atoms with van der Waals surface area (Å²) in [6.45, 7) is 1.21. The highest BCUT2D eigenvalue weighted by atomic mass is 16.7. The van der Waals surface area contributed by atoms with Crippen LogP contribution in [0.15, 0.2) is 18.2 Å². The van der Waals surface area contributed by atoms with Crippen molar-refractivity contribution in [2.75, 3.05) is 31.7 Å². The molecular weight excluding hydrogens is 328 g/mol. The molecule has 2 fully saturated rings. The van der Waals surface area contributed by atoms with E-state index in [0.29, 0.717) is 43.1 Å². The summed E-state index contributed by atoms with van der Waals surface area (Å²) in [6, 6.07) is 4.53. The minimum atomic E-state index is -0.340. The molecule has 0 aromatic heterocycles. The number of carbonyl (C=O) groups excluding carboxylic acids is 3. The first-order valence-electron chi connectivity index (χ1n) is 8.17. The molecule has 0 saturated carbocycles. The van der Waals surface area contributed by atoms with Crippen LogP contribution in [0.5, 0.6) is 11.5 Å². The Morgan fingerprint density at radius 1 is 1.16 bits per heavy atom. The minimum absolute atomic E-state index is 0.0592.